The van der Waals surface area contributed by atoms with Gasteiger partial charge in [0, 0.05) is 10.1 Å². The van der Waals surface area contributed by atoms with Crippen LogP contribution < -0.4 is 5.32 Å². The Labute approximate surface area is 101 Å². The molecule has 1 aromatic carbocycles. The number of ether oxygens (including phenoxy) is 1. The summed E-state index contributed by atoms with van der Waals surface area (Å²) in [6.45, 7) is 0.365. The van der Waals surface area contributed by atoms with Crippen molar-refractivity contribution in [3.63, 3.8) is 0 Å². The number of anilines is 1. The molecule has 0 amide bonds. The molecule has 1 aromatic rings. The van der Waals surface area contributed by atoms with E-state index in [-0.39, 0.29) is 18.2 Å². The van der Waals surface area contributed by atoms with Gasteiger partial charge in [0.25, 0.3) is 0 Å². The van der Waals surface area contributed by atoms with E-state index in [9.17, 15) is 9.18 Å². The molecule has 0 aliphatic heterocycles. The average Bonchev–Trinajstić information content (AvgIpc) is 2.21. The number of esters is 1. The highest BCUT2D eigenvalue weighted by atomic mass is 127. The summed E-state index contributed by atoms with van der Waals surface area (Å²) in [7, 11) is 1.33. The van der Waals surface area contributed by atoms with Gasteiger partial charge in [-0.1, -0.05) is 0 Å². The summed E-state index contributed by atoms with van der Waals surface area (Å²) in [4.78, 5) is 10.8. The fourth-order valence-corrected chi connectivity index (χ4v) is 1.49. The first-order chi connectivity index (χ1) is 7.13. The Bertz CT molecular complexity index is 357. The lowest BCUT2D eigenvalue weighted by atomic mass is 10.3. The lowest BCUT2D eigenvalue weighted by Crippen LogP contribution is -2.10. The fraction of sp³-hybridized carbons (Fsp3) is 0.300. The summed E-state index contributed by atoms with van der Waals surface area (Å²) in [6.07, 6.45) is 0.224. The molecule has 1 rings (SSSR count). The molecule has 0 aromatic heterocycles. The minimum Gasteiger partial charge on any atom is -0.469 e. The minimum absolute atomic E-state index is 0.224. The lowest BCUT2D eigenvalue weighted by Gasteiger charge is -2.06. The van der Waals surface area contributed by atoms with Gasteiger partial charge in [-0.2, -0.15) is 0 Å². The Morgan fingerprint density at radius 3 is 2.93 bits per heavy atom. The van der Waals surface area contributed by atoms with E-state index in [0.717, 1.165) is 3.57 Å². The number of methoxy groups -OCH3 is 1. The van der Waals surface area contributed by atoms with E-state index >= 15 is 0 Å². The van der Waals surface area contributed by atoms with Crippen LogP contribution in [0.2, 0.25) is 0 Å². The van der Waals surface area contributed by atoms with Crippen LogP contribution in [0.4, 0.5) is 10.1 Å². The lowest BCUT2D eigenvalue weighted by molar-refractivity contribution is -0.140. The Morgan fingerprint density at radius 2 is 2.33 bits per heavy atom. The molecule has 0 radical (unpaired) electrons. The number of hydrogen-bond donors (Lipinski definition) is 1. The highest BCUT2D eigenvalue weighted by molar-refractivity contribution is 14.1. The zero-order chi connectivity index (χ0) is 11.3. The minimum atomic E-state index is -0.313. The quantitative estimate of drug-likeness (QED) is 0.683. The predicted octanol–water partition coefficient (Wildman–Crippen LogP) is 2.41. The van der Waals surface area contributed by atoms with Gasteiger partial charge >= 0.3 is 5.97 Å². The summed E-state index contributed by atoms with van der Waals surface area (Å²) in [6, 6.07) is 4.87. The van der Waals surface area contributed by atoms with Crippen LogP contribution in [-0.4, -0.2) is 19.6 Å². The average molecular weight is 323 g/mol. The number of benzene rings is 1. The summed E-state index contributed by atoms with van der Waals surface area (Å²) < 4.78 is 18.6. The van der Waals surface area contributed by atoms with Gasteiger partial charge in [-0.25, -0.2) is 4.39 Å². The highest BCUT2D eigenvalue weighted by Gasteiger charge is 2.03. The topological polar surface area (TPSA) is 38.3 Å². The molecule has 0 saturated carbocycles. The second kappa shape index (κ2) is 5.89. The van der Waals surface area contributed by atoms with Crippen molar-refractivity contribution in [3.8, 4) is 0 Å². The van der Waals surface area contributed by atoms with Crippen LogP contribution in [0.5, 0.6) is 0 Å². The number of carbonyl (C=O) groups is 1. The number of hydrogen-bond acceptors (Lipinski definition) is 3. The van der Waals surface area contributed by atoms with Gasteiger partial charge in [0.1, 0.15) is 5.82 Å². The second-order valence-corrected chi connectivity index (χ2v) is 4.12. The predicted molar refractivity (Wildman–Crippen MR) is 64.2 cm³/mol. The number of rotatable bonds is 4. The van der Waals surface area contributed by atoms with E-state index in [0.29, 0.717) is 12.2 Å². The van der Waals surface area contributed by atoms with Gasteiger partial charge in [-0.3, -0.25) is 4.79 Å². The summed E-state index contributed by atoms with van der Waals surface area (Å²) >= 11 is 2.03. The molecule has 0 heterocycles. The summed E-state index contributed by atoms with van der Waals surface area (Å²) in [5, 5.41) is 2.83. The summed E-state index contributed by atoms with van der Waals surface area (Å²) in [5.41, 5.74) is 0.402. The van der Waals surface area contributed by atoms with Crippen LogP contribution in [0, 0.1) is 9.39 Å². The maximum Gasteiger partial charge on any atom is 0.307 e. The first-order valence-electron chi connectivity index (χ1n) is 4.39. The monoisotopic (exact) mass is 323 g/mol. The molecule has 0 saturated heterocycles. The molecule has 0 aliphatic carbocycles. The molecule has 0 spiro atoms. The molecular weight excluding hydrogens is 312 g/mol. The standard InChI is InChI=1S/C10H11FINO2/c1-15-10(14)4-5-13-9-3-2-7(12)6-8(9)11/h2-3,6,13H,4-5H2,1H3. The Morgan fingerprint density at radius 1 is 1.60 bits per heavy atom. The molecule has 0 unspecified atom stereocenters. The third kappa shape index (κ3) is 4.03. The van der Waals surface area contributed by atoms with Gasteiger partial charge in [-0.05, 0) is 40.8 Å². The zero-order valence-electron chi connectivity index (χ0n) is 8.22. The molecule has 15 heavy (non-hydrogen) atoms. The maximum atomic E-state index is 13.3. The van der Waals surface area contributed by atoms with E-state index in [1.165, 1.54) is 13.2 Å². The Kier molecular flexibility index (Phi) is 4.80. The SMILES string of the molecule is COC(=O)CCNc1ccc(I)cc1F. The normalized spacial score (nSPS) is 9.80. The van der Waals surface area contributed by atoms with Crippen molar-refractivity contribution in [2.24, 2.45) is 0 Å². The van der Waals surface area contributed by atoms with Gasteiger partial charge in [0.15, 0.2) is 0 Å². The van der Waals surface area contributed by atoms with Crippen LogP contribution in [0.25, 0.3) is 0 Å². The smallest absolute Gasteiger partial charge is 0.307 e. The van der Waals surface area contributed by atoms with Gasteiger partial charge in [-0.15, -0.1) is 0 Å². The van der Waals surface area contributed by atoms with Crippen molar-refractivity contribution in [3.05, 3.63) is 27.6 Å². The number of carbonyl (C=O) groups excluding carboxylic acids is 1. The molecule has 82 valence electrons. The van der Waals surface area contributed by atoms with Gasteiger partial charge in [0.05, 0.1) is 19.2 Å². The van der Waals surface area contributed by atoms with Crippen LogP contribution in [-0.2, 0) is 9.53 Å². The maximum absolute atomic E-state index is 13.3. The van der Waals surface area contributed by atoms with Crippen molar-refractivity contribution >= 4 is 34.2 Å². The van der Waals surface area contributed by atoms with E-state index in [1.54, 1.807) is 12.1 Å². The molecule has 1 N–H and O–H groups in total. The molecule has 5 heteroatoms. The van der Waals surface area contributed by atoms with Crippen molar-refractivity contribution in [2.75, 3.05) is 19.0 Å². The second-order valence-electron chi connectivity index (χ2n) is 2.88. The van der Waals surface area contributed by atoms with Crippen LogP contribution in [0.3, 0.4) is 0 Å². The van der Waals surface area contributed by atoms with E-state index in [2.05, 4.69) is 10.1 Å². The van der Waals surface area contributed by atoms with Crippen molar-refractivity contribution < 1.29 is 13.9 Å². The molecule has 0 bridgehead atoms. The van der Waals surface area contributed by atoms with E-state index < -0.39 is 0 Å². The van der Waals surface area contributed by atoms with Crippen molar-refractivity contribution in [1.29, 1.82) is 0 Å². The van der Waals surface area contributed by atoms with Crippen molar-refractivity contribution in [1.82, 2.24) is 0 Å². The Balaban J connectivity index is 2.47. The molecule has 0 atom stereocenters. The number of nitrogens with one attached hydrogen (secondary N) is 1. The number of halogens is 2. The van der Waals surface area contributed by atoms with Crippen LogP contribution in [0.15, 0.2) is 18.2 Å². The molecule has 0 fully saturated rings. The highest BCUT2D eigenvalue weighted by Crippen LogP contribution is 2.16. The first-order valence-corrected chi connectivity index (χ1v) is 5.47. The van der Waals surface area contributed by atoms with Gasteiger partial charge < -0.3 is 10.1 Å². The van der Waals surface area contributed by atoms with Crippen LogP contribution in [0.1, 0.15) is 6.42 Å². The molecule has 3 nitrogen and oxygen atoms in total. The third-order valence-corrected chi connectivity index (χ3v) is 2.47. The van der Waals surface area contributed by atoms with E-state index in [1.807, 2.05) is 22.6 Å². The van der Waals surface area contributed by atoms with Crippen molar-refractivity contribution in [2.45, 2.75) is 6.42 Å². The van der Waals surface area contributed by atoms with Gasteiger partial charge in [0.2, 0.25) is 0 Å². The first kappa shape index (κ1) is 12.2. The summed E-state index contributed by atoms with van der Waals surface area (Å²) in [5.74, 6) is -0.625. The Hall–Kier alpha value is -0.850. The third-order valence-electron chi connectivity index (χ3n) is 1.80. The van der Waals surface area contributed by atoms with Crippen LogP contribution >= 0.6 is 22.6 Å². The largest absolute Gasteiger partial charge is 0.469 e. The van der Waals surface area contributed by atoms with E-state index in [4.69, 9.17) is 0 Å². The fourth-order valence-electron chi connectivity index (χ4n) is 1.03. The molecule has 0 aliphatic rings. The molecular formula is C10H11FINO2. The zero-order valence-corrected chi connectivity index (χ0v) is 10.4.